The van der Waals surface area contributed by atoms with Gasteiger partial charge in [-0.05, 0) is 37.5 Å². The molecule has 1 aliphatic heterocycles. The van der Waals surface area contributed by atoms with Crippen LogP contribution in [0.3, 0.4) is 0 Å². The highest BCUT2D eigenvalue weighted by atomic mass is 16.5. The van der Waals surface area contributed by atoms with Crippen molar-refractivity contribution in [2.45, 2.75) is 33.9 Å². The molecule has 4 rings (SSSR count). The summed E-state index contributed by atoms with van der Waals surface area (Å²) in [6, 6.07) is 20.4. The molecule has 0 radical (unpaired) electrons. The summed E-state index contributed by atoms with van der Waals surface area (Å²) < 4.78 is 7.29. The van der Waals surface area contributed by atoms with E-state index in [0.717, 1.165) is 30.9 Å². The minimum atomic E-state index is -0.384. The molecule has 0 bridgehead atoms. The second-order valence-corrected chi connectivity index (χ2v) is 8.78. The van der Waals surface area contributed by atoms with E-state index in [9.17, 15) is 9.59 Å². The van der Waals surface area contributed by atoms with Gasteiger partial charge in [0.05, 0.1) is 12.2 Å². The lowest BCUT2D eigenvalue weighted by atomic mass is 10.1. The predicted molar refractivity (Wildman–Crippen MR) is 133 cm³/mol. The van der Waals surface area contributed by atoms with Gasteiger partial charge in [-0.15, -0.1) is 0 Å². The SMILES string of the molecule is CCOC(=O)c1c(C)c(C(=O)N2CCN(Cc3ccccc3)CC2)c(C)n1Cc1ccccc1. The Bertz CT molecular complexity index is 1130. The smallest absolute Gasteiger partial charge is 0.355 e. The van der Waals surface area contributed by atoms with Crippen molar-refractivity contribution in [2.75, 3.05) is 32.8 Å². The zero-order valence-corrected chi connectivity index (χ0v) is 20.3. The Morgan fingerprint density at radius 2 is 1.38 bits per heavy atom. The van der Waals surface area contributed by atoms with Crippen LogP contribution in [0, 0.1) is 13.8 Å². The van der Waals surface area contributed by atoms with E-state index in [1.165, 1.54) is 5.56 Å². The van der Waals surface area contributed by atoms with E-state index in [1.54, 1.807) is 6.92 Å². The summed E-state index contributed by atoms with van der Waals surface area (Å²) in [6.07, 6.45) is 0. The van der Waals surface area contributed by atoms with Crippen LogP contribution in [0.5, 0.6) is 0 Å². The third-order valence-electron chi connectivity index (χ3n) is 6.54. The van der Waals surface area contributed by atoms with Gasteiger partial charge in [0.25, 0.3) is 5.91 Å². The van der Waals surface area contributed by atoms with Crippen molar-refractivity contribution in [3.63, 3.8) is 0 Å². The molecule has 2 aromatic carbocycles. The fourth-order valence-corrected chi connectivity index (χ4v) is 4.75. The van der Waals surface area contributed by atoms with Crippen LogP contribution in [0.15, 0.2) is 60.7 Å². The van der Waals surface area contributed by atoms with Gasteiger partial charge in [-0.3, -0.25) is 9.69 Å². The Morgan fingerprint density at radius 3 is 1.94 bits per heavy atom. The van der Waals surface area contributed by atoms with Gasteiger partial charge < -0.3 is 14.2 Å². The van der Waals surface area contributed by atoms with Crippen LogP contribution in [0.25, 0.3) is 0 Å². The molecular weight excluding hydrogens is 426 g/mol. The van der Waals surface area contributed by atoms with Crippen molar-refractivity contribution in [2.24, 2.45) is 0 Å². The molecule has 3 aromatic rings. The number of hydrogen-bond donors (Lipinski definition) is 0. The summed E-state index contributed by atoms with van der Waals surface area (Å²) in [6.45, 7) is 10.3. The standard InChI is InChI=1S/C28H33N3O3/c1-4-34-28(33)26-21(2)25(22(3)31(26)20-24-13-9-6-10-14-24)27(32)30-17-15-29(16-18-30)19-23-11-7-5-8-12-23/h5-14H,4,15-20H2,1-3H3. The van der Waals surface area contributed by atoms with Crippen molar-refractivity contribution >= 4 is 11.9 Å². The first-order valence-corrected chi connectivity index (χ1v) is 12.0. The number of carbonyl (C=O) groups is 2. The normalized spacial score (nSPS) is 14.3. The first-order chi connectivity index (χ1) is 16.5. The van der Waals surface area contributed by atoms with Gasteiger partial charge in [0.2, 0.25) is 0 Å². The van der Waals surface area contributed by atoms with E-state index in [-0.39, 0.29) is 11.9 Å². The number of esters is 1. The van der Waals surface area contributed by atoms with Crippen LogP contribution in [0.4, 0.5) is 0 Å². The van der Waals surface area contributed by atoms with Crippen LogP contribution >= 0.6 is 0 Å². The number of ether oxygens (including phenoxy) is 1. The molecule has 178 valence electrons. The van der Waals surface area contributed by atoms with Gasteiger partial charge in [0, 0.05) is 45.0 Å². The average molecular weight is 460 g/mol. The highest BCUT2D eigenvalue weighted by molar-refractivity contribution is 6.01. The fraction of sp³-hybridized carbons (Fsp3) is 0.357. The van der Waals surface area contributed by atoms with Gasteiger partial charge >= 0.3 is 5.97 Å². The molecule has 0 atom stereocenters. The van der Waals surface area contributed by atoms with Crippen LogP contribution in [0.2, 0.25) is 0 Å². The van der Waals surface area contributed by atoms with Gasteiger partial charge in [-0.25, -0.2) is 4.79 Å². The molecule has 34 heavy (non-hydrogen) atoms. The summed E-state index contributed by atoms with van der Waals surface area (Å²) in [5.41, 5.74) is 4.94. The van der Waals surface area contributed by atoms with E-state index in [4.69, 9.17) is 4.74 Å². The molecule has 1 amide bonds. The molecule has 0 N–H and O–H groups in total. The molecule has 2 heterocycles. The lowest BCUT2D eigenvalue weighted by molar-refractivity contribution is 0.0513. The number of carbonyl (C=O) groups excluding carboxylic acids is 2. The summed E-state index contributed by atoms with van der Waals surface area (Å²) >= 11 is 0. The maximum atomic E-state index is 13.6. The molecule has 6 nitrogen and oxygen atoms in total. The van der Waals surface area contributed by atoms with Crippen LogP contribution in [0.1, 0.15) is 50.2 Å². The average Bonchev–Trinajstić information content (AvgIpc) is 3.09. The second kappa shape index (κ2) is 10.7. The highest BCUT2D eigenvalue weighted by Crippen LogP contribution is 2.26. The number of aromatic nitrogens is 1. The van der Waals surface area contributed by atoms with Crippen molar-refractivity contribution in [1.29, 1.82) is 0 Å². The topological polar surface area (TPSA) is 54.8 Å². The molecule has 1 fully saturated rings. The summed E-state index contributed by atoms with van der Waals surface area (Å²) in [5, 5.41) is 0. The summed E-state index contributed by atoms with van der Waals surface area (Å²) in [4.78, 5) is 30.8. The Kier molecular flexibility index (Phi) is 7.48. The van der Waals surface area contributed by atoms with E-state index >= 15 is 0 Å². The van der Waals surface area contributed by atoms with Crippen LogP contribution < -0.4 is 0 Å². The molecule has 0 spiro atoms. The van der Waals surface area contributed by atoms with E-state index in [0.29, 0.717) is 43.1 Å². The molecule has 0 unspecified atom stereocenters. The maximum Gasteiger partial charge on any atom is 0.355 e. The third-order valence-corrected chi connectivity index (χ3v) is 6.54. The summed E-state index contributed by atoms with van der Waals surface area (Å²) in [5.74, 6) is -0.391. The molecule has 6 heteroatoms. The molecule has 0 saturated carbocycles. The minimum Gasteiger partial charge on any atom is -0.461 e. The van der Waals surface area contributed by atoms with Gasteiger partial charge in [0.15, 0.2) is 0 Å². The Morgan fingerprint density at radius 1 is 0.824 bits per heavy atom. The van der Waals surface area contributed by atoms with E-state index in [1.807, 2.05) is 59.7 Å². The number of rotatable bonds is 7. The Hall–Kier alpha value is -3.38. The van der Waals surface area contributed by atoms with Crippen LogP contribution in [-0.2, 0) is 17.8 Å². The number of piperazine rings is 1. The van der Waals surface area contributed by atoms with E-state index < -0.39 is 0 Å². The number of nitrogens with zero attached hydrogens (tertiary/aromatic N) is 3. The maximum absolute atomic E-state index is 13.6. The number of benzene rings is 2. The molecule has 1 aromatic heterocycles. The van der Waals surface area contributed by atoms with Crippen molar-refractivity contribution in [3.05, 3.63) is 94.3 Å². The molecule has 1 aliphatic rings. The van der Waals surface area contributed by atoms with Gasteiger partial charge in [-0.2, -0.15) is 0 Å². The van der Waals surface area contributed by atoms with E-state index in [2.05, 4.69) is 29.2 Å². The quantitative estimate of drug-likeness (QED) is 0.495. The first kappa shape index (κ1) is 23.8. The Labute approximate surface area is 201 Å². The molecular formula is C28H33N3O3. The zero-order chi connectivity index (χ0) is 24.1. The zero-order valence-electron chi connectivity index (χ0n) is 20.3. The largest absolute Gasteiger partial charge is 0.461 e. The van der Waals surface area contributed by atoms with Gasteiger partial charge in [-0.1, -0.05) is 60.7 Å². The van der Waals surface area contributed by atoms with Crippen molar-refractivity contribution in [3.8, 4) is 0 Å². The molecule has 0 aliphatic carbocycles. The fourth-order valence-electron chi connectivity index (χ4n) is 4.75. The lowest BCUT2D eigenvalue weighted by Gasteiger charge is -2.35. The second-order valence-electron chi connectivity index (χ2n) is 8.78. The minimum absolute atomic E-state index is 0.00767. The van der Waals surface area contributed by atoms with Gasteiger partial charge in [0.1, 0.15) is 5.69 Å². The van der Waals surface area contributed by atoms with Crippen molar-refractivity contribution in [1.82, 2.24) is 14.4 Å². The monoisotopic (exact) mass is 459 g/mol. The molecule has 1 saturated heterocycles. The number of hydrogen-bond acceptors (Lipinski definition) is 4. The predicted octanol–water partition coefficient (Wildman–Crippen LogP) is 4.29. The number of amides is 1. The summed E-state index contributed by atoms with van der Waals surface area (Å²) in [7, 11) is 0. The lowest BCUT2D eigenvalue weighted by Crippen LogP contribution is -2.48. The Balaban J connectivity index is 1.55. The highest BCUT2D eigenvalue weighted by Gasteiger charge is 2.31. The third kappa shape index (κ3) is 5.07. The van der Waals surface area contributed by atoms with Crippen molar-refractivity contribution < 1.29 is 14.3 Å². The first-order valence-electron chi connectivity index (χ1n) is 12.0. The van der Waals surface area contributed by atoms with Crippen LogP contribution in [-0.4, -0.2) is 59.0 Å².